The van der Waals surface area contributed by atoms with Gasteiger partial charge in [0.1, 0.15) is 34.4 Å². The lowest BCUT2D eigenvalue weighted by molar-refractivity contribution is -0.138. The van der Waals surface area contributed by atoms with E-state index in [1.165, 1.54) is 0 Å². The molecule has 6 rings (SSSR count). The summed E-state index contributed by atoms with van der Waals surface area (Å²) in [6, 6.07) is 17.7. The number of nitrogens with one attached hydrogen (secondary N) is 1. The monoisotopic (exact) mass is 537 g/mol. The molecule has 0 aliphatic carbocycles. The van der Waals surface area contributed by atoms with E-state index >= 15 is 0 Å². The van der Waals surface area contributed by atoms with Crippen molar-refractivity contribution < 1.29 is 23.8 Å². The number of amides is 1. The second-order valence-electron chi connectivity index (χ2n) is 9.86. The lowest BCUT2D eigenvalue weighted by Gasteiger charge is -2.22. The van der Waals surface area contributed by atoms with Gasteiger partial charge < -0.3 is 24.5 Å². The van der Waals surface area contributed by atoms with Crippen LogP contribution in [-0.2, 0) is 9.59 Å². The number of nitrogens with zero attached hydrogens (tertiary/aromatic N) is 4. The number of carboxylic acid groups (broad SMARTS) is 1. The molecule has 202 valence electrons. The first kappa shape index (κ1) is 25.3. The normalized spacial score (nSPS) is 16.9. The average molecular weight is 538 g/mol. The summed E-state index contributed by atoms with van der Waals surface area (Å²) in [7, 11) is 1.60. The van der Waals surface area contributed by atoms with Gasteiger partial charge in [0, 0.05) is 35.8 Å². The third-order valence-corrected chi connectivity index (χ3v) is 7.17. The van der Waals surface area contributed by atoms with Crippen molar-refractivity contribution in [3.8, 4) is 17.0 Å². The van der Waals surface area contributed by atoms with Gasteiger partial charge in [-0.1, -0.05) is 24.3 Å². The maximum Gasteiger partial charge on any atom is 0.326 e. The SMILES string of the molecule is COc1cccnc1-c1ccc(NC(=O)C[C@H]2C[C@@H](C(=O)O)N(c3nc(C)nc4c3oc3ccccc34)C2)cc1. The number of carbonyl (C=O) groups is 2. The van der Waals surface area contributed by atoms with Gasteiger partial charge >= 0.3 is 5.97 Å². The molecule has 10 heteroatoms. The largest absolute Gasteiger partial charge is 0.494 e. The van der Waals surface area contributed by atoms with Crippen LogP contribution in [0.25, 0.3) is 33.3 Å². The maximum absolute atomic E-state index is 13.0. The number of fused-ring (bicyclic) bond motifs is 3. The van der Waals surface area contributed by atoms with Crippen molar-refractivity contribution in [2.45, 2.75) is 25.8 Å². The third-order valence-electron chi connectivity index (χ3n) is 7.17. The van der Waals surface area contributed by atoms with Crippen LogP contribution >= 0.6 is 0 Å². The number of anilines is 2. The number of hydrogen-bond donors (Lipinski definition) is 2. The van der Waals surface area contributed by atoms with Crippen molar-refractivity contribution in [2.24, 2.45) is 5.92 Å². The molecule has 2 N–H and O–H groups in total. The van der Waals surface area contributed by atoms with Crippen LogP contribution in [0.4, 0.5) is 11.5 Å². The quantitative estimate of drug-likeness (QED) is 0.292. The molecular formula is C30H27N5O5. The van der Waals surface area contributed by atoms with E-state index in [2.05, 4.69) is 20.3 Å². The zero-order valence-corrected chi connectivity index (χ0v) is 22.0. The van der Waals surface area contributed by atoms with Crippen LogP contribution in [-0.4, -0.2) is 51.6 Å². The van der Waals surface area contributed by atoms with Gasteiger partial charge in [-0.05, 0) is 55.7 Å². The van der Waals surface area contributed by atoms with Crippen molar-refractivity contribution in [1.82, 2.24) is 15.0 Å². The van der Waals surface area contributed by atoms with Crippen molar-refractivity contribution in [3.05, 3.63) is 72.7 Å². The highest BCUT2D eigenvalue weighted by Gasteiger charge is 2.40. The van der Waals surface area contributed by atoms with Crippen molar-refractivity contribution in [1.29, 1.82) is 0 Å². The second-order valence-corrected chi connectivity index (χ2v) is 9.86. The minimum Gasteiger partial charge on any atom is -0.494 e. The Bertz CT molecular complexity index is 1730. The number of aromatic nitrogens is 3. The summed E-state index contributed by atoms with van der Waals surface area (Å²) in [5, 5.41) is 13.8. The standard InChI is InChI=1S/C30H27N5O5/c1-17-32-27-21-6-3-4-7-23(21)40-28(27)29(33-17)35-16-18(14-22(35)30(37)38)15-25(36)34-20-11-9-19(10-12-20)26-24(39-2)8-5-13-31-26/h3-13,18,22H,14-16H2,1-2H3,(H,34,36)(H,37,38)/t18-,22+/m1/s1. The zero-order valence-electron chi connectivity index (χ0n) is 22.0. The third kappa shape index (κ3) is 4.68. The van der Waals surface area contributed by atoms with Crippen molar-refractivity contribution >= 4 is 45.5 Å². The van der Waals surface area contributed by atoms with Gasteiger partial charge in [0.25, 0.3) is 0 Å². The van der Waals surface area contributed by atoms with Gasteiger partial charge in [-0.3, -0.25) is 9.78 Å². The van der Waals surface area contributed by atoms with E-state index in [1.54, 1.807) is 31.2 Å². The van der Waals surface area contributed by atoms with E-state index < -0.39 is 12.0 Å². The molecule has 1 aliphatic heterocycles. The molecule has 0 saturated carbocycles. The van der Waals surface area contributed by atoms with Gasteiger partial charge in [-0.15, -0.1) is 0 Å². The Morgan fingerprint density at radius 2 is 1.90 bits per heavy atom. The van der Waals surface area contributed by atoms with E-state index in [0.29, 0.717) is 58.4 Å². The van der Waals surface area contributed by atoms with E-state index in [1.807, 2.05) is 54.6 Å². The molecule has 2 atom stereocenters. The summed E-state index contributed by atoms with van der Waals surface area (Å²) in [6.45, 7) is 2.13. The Hall–Kier alpha value is -4.99. The molecule has 1 amide bonds. The Morgan fingerprint density at radius 3 is 2.67 bits per heavy atom. The number of benzene rings is 2. The van der Waals surface area contributed by atoms with Gasteiger partial charge in [-0.25, -0.2) is 14.8 Å². The fourth-order valence-electron chi connectivity index (χ4n) is 5.38. The predicted molar refractivity (Wildman–Crippen MR) is 150 cm³/mol. The highest BCUT2D eigenvalue weighted by molar-refractivity contribution is 6.06. The number of carboxylic acids is 1. The van der Waals surface area contributed by atoms with Crippen LogP contribution in [0.1, 0.15) is 18.7 Å². The summed E-state index contributed by atoms with van der Waals surface area (Å²) in [6.07, 6.45) is 2.18. The van der Waals surface area contributed by atoms with E-state index in [-0.39, 0.29) is 18.2 Å². The number of carbonyl (C=O) groups excluding carboxylic acids is 1. The van der Waals surface area contributed by atoms with Crippen LogP contribution in [0.5, 0.6) is 5.75 Å². The zero-order chi connectivity index (χ0) is 27.8. The second kappa shape index (κ2) is 10.3. The average Bonchev–Trinajstić information content (AvgIpc) is 3.55. The van der Waals surface area contributed by atoms with Gasteiger partial charge in [0.05, 0.1) is 7.11 Å². The number of aryl methyl sites for hydroxylation is 1. The molecule has 0 bridgehead atoms. The summed E-state index contributed by atoms with van der Waals surface area (Å²) in [5.41, 5.74) is 3.98. The molecule has 4 heterocycles. The van der Waals surface area contributed by atoms with Gasteiger partial charge in [-0.2, -0.15) is 0 Å². The summed E-state index contributed by atoms with van der Waals surface area (Å²) in [4.78, 5) is 40.5. The number of aliphatic carboxylic acids is 1. The maximum atomic E-state index is 13.0. The summed E-state index contributed by atoms with van der Waals surface area (Å²) >= 11 is 0. The van der Waals surface area contributed by atoms with Gasteiger partial charge in [0.2, 0.25) is 5.91 Å². The fraction of sp³-hybridized carbons (Fsp3) is 0.233. The topological polar surface area (TPSA) is 131 Å². The molecule has 3 aromatic heterocycles. The molecule has 1 aliphatic rings. The Balaban J connectivity index is 1.19. The number of rotatable bonds is 7. The summed E-state index contributed by atoms with van der Waals surface area (Å²) in [5.74, 6) is 0.279. The minimum atomic E-state index is -0.969. The Labute approximate surface area is 229 Å². The smallest absolute Gasteiger partial charge is 0.326 e. The van der Waals surface area contributed by atoms with Crippen LogP contribution in [0.3, 0.4) is 0 Å². The highest BCUT2D eigenvalue weighted by Crippen LogP contribution is 2.38. The first-order valence-electron chi connectivity index (χ1n) is 13.0. The van der Waals surface area contributed by atoms with Crippen molar-refractivity contribution in [2.75, 3.05) is 23.9 Å². The van der Waals surface area contributed by atoms with E-state index in [9.17, 15) is 14.7 Å². The number of hydrogen-bond acceptors (Lipinski definition) is 8. The molecule has 40 heavy (non-hydrogen) atoms. The number of methoxy groups -OCH3 is 1. The molecule has 10 nitrogen and oxygen atoms in total. The van der Waals surface area contributed by atoms with Crippen LogP contribution in [0, 0.1) is 12.8 Å². The number of ether oxygens (including phenoxy) is 1. The highest BCUT2D eigenvalue weighted by atomic mass is 16.5. The molecule has 2 aromatic carbocycles. The number of pyridine rings is 1. The number of para-hydroxylation sites is 1. The Kier molecular flexibility index (Phi) is 6.51. The molecule has 0 unspecified atom stereocenters. The van der Waals surface area contributed by atoms with Crippen LogP contribution < -0.4 is 15.0 Å². The lowest BCUT2D eigenvalue weighted by atomic mass is 10.0. The molecule has 5 aromatic rings. The molecular weight excluding hydrogens is 510 g/mol. The van der Waals surface area contributed by atoms with E-state index in [4.69, 9.17) is 9.15 Å². The molecule has 0 spiro atoms. The predicted octanol–water partition coefficient (Wildman–Crippen LogP) is 5.06. The fourth-order valence-corrected chi connectivity index (χ4v) is 5.38. The molecule has 1 saturated heterocycles. The molecule has 1 fully saturated rings. The minimum absolute atomic E-state index is 0.170. The van der Waals surface area contributed by atoms with E-state index in [0.717, 1.165) is 10.9 Å². The first-order chi connectivity index (χ1) is 19.4. The Morgan fingerprint density at radius 1 is 1.10 bits per heavy atom. The number of furan rings is 1. The molecule has 0 radical (unpaired) electrons. The van der Waals surface area contributed by atoms with Crippen LogP contribution in [0.2, 0.25) is 0 Å². The lowest BCUT2D eigenvalue weighted by Crippen LogP contribution is -2.36. The van der Waals surface area contributed by atoms with Gasteiger partial charge in [0.15, 0.2) is 11.4 Å². The first-order valence-corrected chi connectivity index (χ1v) is 13.0. The van der Waals surface area contributed by atoms with Crippen molar-refractivity contribution in [3.63, 3.8) is 0 Å². The summed E-state index contributed by atoms with van der Waals surface area (Å²) < 4.78 is 11.5. The van der Waals surface area contributed by atoms with Crippen LogP contribution in [0.15, 0.2) is 71.3 Å².